The van der Waals surface area contributed by atoms with Crippen LogP contribution < -0.4 is 10.6 Å². The molecule has 0 bridgehead atoms. The number of anilines is 1. The molecule has 21 heavy (non-hydrogen) atoms. The van der Waals surface area contributed by atoms with Crippen molar-refractivity contribution < 1.29 is 24.0 Å². The molecule has 0 unspecified atom stereocenters. The summed E-state index contributed by atoms with van der Waals surface area (Å²) in [7, 11) is 0. The van der Waals surface area contributed by atoms with Gasteiger partial charge in [0.05, 0.1) is 4.92 Å². The highest BCUT2D eigenvalue weighted by Crippen LogP contribution is 2.22. The zero-order valence-corrected chi connectivity index (χ0v) is 11.1. The number of hydrogen-bond acceptors (Lipinski definition) is 6. The van der Waals surface area contributed by atoms with Gasteiger partial charge in [0, 0.05) is 13.0 Å². The Morgan fingerprint density at radius 2 is 1.95 bits per heavy atom. The first-order valence-corrected chi connectivity index (χ1v) is 5.83. The van der Waals surface area contributed by atoms with E-state index in [1.165, 1.54) is 31.2 Å². The Morgan fingerprint density at radius 1 is 1.29 bits per heavy atom. The van der Waals surface area contributed by atoms with Crippen molar-refractivity contribution in [3.05, 3.63) is 34.4 Å². The molecule has 0 fully saturated rings. The fraction of sp³-hybridized carbons (Fsp3) is 0.250. The number of rotatable bonds is 6. The van der Waals surface area contributed by atoms with Crippen LogP contribution in [0.15, 0.2) is 24.3 Å². The molecule has 0 saturated carbocycles. The van der Waals surface area contributed by atoms with Crippen LogP contribution in [0.2, 0.25) is 0 Å². The molecule has 0 aliphatic heterocycles. The highest BCUT2D eigenvalue weighted by atomic mass is 16.6. The maximum absolute atomic E-state index is 11.5. The van der Waals surface area contributed by atoms with Crippen molar-refractivity contribution in [3.8, 4) is 0 Å². The maximum Gasteiger partial charge on any atom is 0.325 e. The average molecular weight is 295 g/mol. The number of carbonyl (C=O) groups is 3. The standard InChI is InChI=1S/C12H13N3O6/c1-8(16)13-6-12(18)21-7-11(17)14-9-4-2-3-5-10(9)15(19)20/h2-5H,6-7H2,1H3,(H,13,16)(H,14,17). The van der Waals surface area contributed by atoms with Crippen LogP contribution in [0.5, 0.6) is 0 Å². The second-order valence-electron chi connectivity index (χ2n) is 3.89. The summed E-state index contributed by atoms with van der Waals surface area (Å²) >= 11 is 0. The van der Waals surface area contributed by atoms with Gasteiger partial charge in [0.15, 0.2) is 6.61 Å². The van der Waals surface area contributed by atoms with Crippen LogP contribution in [0, 0.1) is 10.1 Å². The molecule has 0 saturated heterocycles. The van der Waals surface area contributed by atoms with E-state index in [1.807, 2.05) is 0 Å². The summed E-state index contributed by atoms with van der Waals surface area (Å²) in [5.74, 6) is -1.92. The van der Waals surface area contributed by atoms with Crippen molar-refractivity contribution in [3.63, 3.8) is 0 Å². The van der Waals surface area contributed by atoms with Crippen LogP contribution in [0.3, 0.4) is 0 Å². The van der Waals surface area contributed by atoms with Crippen LogP contribution in [0.1, 0.15) is 6.92 Å². The fourth-order valence-corrected chi connectivity index (χ4v) is 1.32. The predicted octanol–water partition coefficient (Wildman–Crippen LogP) is 0.213. The van der Waals surface area contributed by atoms with E-state index in [2.05, 4.69) is 15.4 Å². The van der Waals surface area contributed by atoms with Crippen molar-refractivity contribution in [1.82, 2.24) is 5.32 Å². The topological polar surface area (TPSA) is 128 Å². The number of ether oxygens (including phenoxy) is 1. The number of carbonyl (C=O) groups excluding carboxylic acids is 3. The Morgan fingerprint density at radius 3 is 2.57 bits per heavy atom. The highest BCUT2D eigenvalue weighted by molar-refractivity contribution is 5.95. The zero-order chi connectivity index (χ0) is 15.8. The molecule has 1 rings (SSSR count). The van der Waals surface area contributed by atoms with E-state index in [0.29, 0.717) is 0 Å². The minimum Gasteiger partial charge on any atom is -0.454 e. The molecule has 2 N–H and O–H groups in total. The monoisotopic (exact) mass is 295 g/mol. The molecular weight excluding hydrogens is 282 g/mol. The van der Waals surface area contributed by atoms with E-state index in [1.54, 1.807) is 0 Å². The lowest BCUT2D eigenvalue weighted by molar-refractivity contribution is -0.383. The summed E-state index contributed by atoms with van der Waals surface area (Å²) in [6, 6.07) is 5.57. The number of nitro benzene ring substituents is 1. The van der Waals surface area contributed by atoms with Gasteiger partial charge < -0.3 is 15.4 Å². The summed E-state index contributed by atoms with van der Waals surface area (Å²) in [4.78, 5) is 43.4. The Labute approximate surface area is 119 Å². The molecule has 0 atom stereocenters. The smallest absolute Gasteiger partial charge is 0.325 e. The summed E-state index contributed by atoms with van der Waals surface area (Å²) in [6.45, 7) is 0.271. The molecule has 0 aliphatic carbocycles. The van der Waals surface area contributed by atoms with Crippen LogP contribution in [0.25, 0.3) is 0 Å². The molecule has 9 heteroatoms. The van der Waals surface area contributed by atoms with Gasteiger partial charge in [0.1, 0.15) is 12.2 Å². The van der Waals surface area contributed by atoms with Crippen molar-refractivity contribution in [2.24, 2.45) is 0 Å². The van der Waals surface area contributed by atoms with Gasteiger partial charge in [0.2, 0.25) is 5.91 Å². The second kappa shape index (κ2) is 7.58. The lowest BCUT2D eigenvalue weighted by Crippen LogP contribution is -2.30. The van der Waals surface area contributed by atoms with Crippen molar-refractivity contribution >= 4 is 29.2 Å². The first-order chi connectivity index (χ1) is 9.90. The van der Waals surface area contributed by atoms with Crippen molar-refractivity contribution in [1.29, 1.82) is 0 Å². The number of nitro groups is 1. The summed E-state index contributed by atoms with van der Waals surface area (Å²) < 4.78 is 4.59. The van der Waals surface area contributed by atoms with Gasteiger partial charge in [-0.2, -0.15) is 0 Å². The number of nitrogens with one attached hydrogen (secondary N) is 2. The Balaban J connectivity index is 2.49. The number of esters is 1. The molecule has 0 aliphatic rings. The quantitative estimate of drug-likeness (QED) is 0.438. The third kappa shape index (κ3) is 5.68. The van der Waals surface area contributed by atoms with E-state index < -0.39 is 29.3 Å². The van der Waals surface area contributed by atoms with Gasteiger partial charge in [-0.3, -0.25) is 24.5 Å². The second-order valence-corrected chi connectivity index (χ2v) is 3.89. The first kappa shape index (κ1) is 16.1. The van der Waals surface area contributed by atoms with Gasteiger partial charge in [-0.05, 0) is 6.07 Å². The highest BCUT2D eigenvalue weighted by Gasteiger charge is 2.15. The zero-order valence-electron chi connectivity index (χ0n) is 11.1. The van der Waals surface area contributed by atoms with Crippen molar-refractivity contribution in [2.45, 2.75) is 6.92 Å². The molecule has 9 nitrogen and oxygen atoms in total. The molecule has 2 amide bonds. The average Bonchev–Trinajstić information content (AvgIpc) is 2.43. The minimum absolute atomic E-state index is 0.00501. The molecule has 1 aromatic carbocycles. The van der Waals surface area contributed by atoms with E-state index in [0.717, 1.165) is 0 Å². The fourth-order valence-electron chi connectivity index (χ4n) is 1.32. The third-order valence-corrected chi connectivity index (χ3v) is 2.22. The summed E-state index contributed by atoms with van der Waals surface area (Å²) in [5, 5.41) is 15.2. The van der Waals surface area contributed by atoms with Gasteiger partial charge in [-0.25, -0.2) is 0 Å². The third-order valence-electron chi connectivity index (χ3n) is 2.22. The Hall–Kier alpha value is -2.97. The molecule has 0 aromatic heterocycles. The van der Waals surface area contributed by atoms with Gasteiger partial charge in [-0.15, -0.1) is 0 Å². The molecule has 112 valence electrons. The molecule has 0 spiro atoms. The minimum atomic E-state index is -0.789. The van der Waals surface area contributed by atoms with E-state index in [-0.39, 0.29) is 17.9 Å². The number of nitrogens with zero attached hydrogens (tertiary/aromatic N) is 1. The SMILES string of the molecule is CC(=O)NCC(=O)OCC(=O)Nc1ccccc1[N+](=O)[O-]. The lowest BCUT2D eigenvalue weighted by Gasteiger charge is -2.07. The van der Waals surface area contributed by atoms with Gasteiger partial charge in [-0.1, -0.05) is 12.1 Å². The number of benzene rings is 1. The largest absolute Gasteiger partial charge is 0.454 e. The maximum atomic E-state index is 11.5. The normalized spacial score (nSPS) is 9.57. The van der Waals surface area contributed by atoms with E-state index in [9.17, 15) is 24.5 Å². The Bertz CT molecular complexity index is 572. The van der Waals surface area contributed by atoms with Gasteiger partial charge in [0.25, 0.3) is 11.6 Å². The molecular formula is C12H13N3O6. The van der Waals surface area contributed by atoms with Crippen LogP contribution in [-0.4, -0.2) is 35.9 Å². The van der Waals surface area contributed by atoms with Crippen LogP contribution in [0.4, 0.5) is 11.4 Å². The van der Waals surface area contributed by atoms with E-state index in [4.69, 9.17) is 0 Å². The predicted molar refractivity (Wildman–Crippen MR) is 71.4 cm³/mol. The first-order valence-electron chi connectivity index (χ1n) is 5.83. The molecule has 0 radical (unpaired) electrons. The van der Waals surface area contributed by atoms with E-state index >= 15 is 0 Å². The van der Waals surface area contributed by atoms with Crippen molar-refractivity contribution in [2.75, 3.05) is 18.5 Å². The number of amides is 2. The Kier molecular flexibility index (Phi) is 5.80. The summed E-state index contributed by atoms with van der Waals surface area (Å²) in [6.07, 6.45) is 0. The number of hydrogen-bond donors (Lipinski definition) is 2. The summed E-state index contributed by atoms with van der Waals surface area (Å²) in [5.41, 5.74) is -0.263. The van der Waals surface area contributed by atoms with Crippen LogP contribution in [-0.2, 0) is 19.1 Å². The lowest BCUT2D eigenvalue weighted by atomic mass is 10.2. The number of para-hydroxylation sites is 2. The van der Waals surface area contributed by atoms with Crippen LogP contribution >= 0.6 is 0 Å². The van der Waals surface area contributed by atoms with Gasteiger partial charge >= 0.3 is 5.97 Å². The molecule has 0 heterocycles. The molecule has 1 aromatic rings.